The predicted molar refractivity (Wildman–Crippen MR) is 97.8 cm³/mol. The normalized spacial score (nSPS) is 66.5. The van der Waals surface area contributed by atoms with Crippen LogP contribution in [-0.4, -0.2) is 44.2 Å². The molecule has 28 heavy (non-hydrogen) atoms. The van der Waals surface area contributed by atoms with Crippen LogP contribution < -0.4 is 0 Å². The van der Waals surface area contributed by atoms with E-state index in [2.05, 4.69) is 18.8 Å². The first kappa shape index (κ1) is 16.7. The number of carbonyl (C=O) groups is 1. The Morgan fingerprint density at radius 1 is 1.11 bits per heavy atom. The summed E-state index contributed by atoms with van der Waals surface area (Å²) in [5.41, 5.74) is -1.54. The standard InChI is InChI=1S/C23H28O5/c1-20-5-2-11(24)10-21(20,27)15-8-12(15)18-14(20)3-6-23-19(18)13-9-16(13)22(23,28-23)7-4-17(25)26/h11-16,18-19,24,27H,2-3,5-6,8-10H2,1H3,(H,25,26)/t11-,12-,13+,14?,15+,16-,18?,19?,20+,21+,22-,23?/m0/s1. The van der Waals surface area contributed by atoms with Crippen molar-refractivity contribution in [3.05, 3.63) is 0 Å². The van der Waals surface area contributed by atoms with Gasteiger partial charge in [-0.25, -0.2) is 4.79 Å². The number of fused-ring (bicyclic) bond motifs is 10. The second-order valence-electron chi connectivity index (χ2n) is 11.3. The molecular formula is C23H28O5. The number of rotatable bonds is 0. The van der Waals surface area contributed by atoms with E-state index in [0.29, 0.717) is 47.8 Å². The van der Waals surface area contributed by atoms with Gasteiger partial charge in [0.2, 0.25) is 0 Å². The highest BCUT2D eigenvalue weighted by Gasteiger charge is 2.91. The Labute approximate surface area is 164 Å². The minimum Gasteiger partial charge on any atom is -0.472 e. The van der Waals surface area contributed by atoms with Crippen LogP contribution in [0.2, 0.25) is 0 Å². The van der Waals surface area contributed by atoms with Crippen LogP contribution in [0.3, 0.4) is 0 Å². The highest BCUT2D eigenvalue weighted by atomic mass is 16.6. The Morgan fingerprint density at radius 3 is 2.68 bits per heavy atom. The van der Waals surface area contributed by atoms with Crippen LogP contribution in [0.25, 0.3) is 0 Å². The number of carboxylic acid groups (broad SMARTS) is 1. The molecule has 1 saturated heterocycles. The van der Waals surface area contributed by atoms with Gasteiger partial charge in [-0.2, -0.15) is 0 Å². The van der Waals surface area contributed by atoms with E-state index in [-0.39, 0.29) is 17.1 Å². The third-order valence-electron chi connectivity index (χ3n) is 10.7. The van der Waals surface area contributed by atoms with E-state index in [1.54, 1.807) is 0 Å². The van der Waals surface area contributed by atoms with Gasteiger partial charge in [0.15, 0.2) is 5.60 Å². The van der Waals surface area contributed by atoms with Gasteiger partial charge in [-0.1, -0.05) is 12.8 Å². The maximum absolute atomic E-state index is 11.8. The summed E-state index contributed by atoms with van der Waals surface area (Å²) in [6.07, 6.45) is 6.08. The molecule has 1 aliphatic heterocycles. The van der Waals surface area contributed by atoms with Crippen molar-refractivity contribution >= 4 is 5.97 Å². The summed E-state index contributed by atoms with van der Waals surface area (Å²) in [7, 11) is 0. The fourth-order valence-electron chi connectivity index (χ4n) is 9.53. The molecule has 4 unspecified atom stereocenters. The maximum Gasteiger partial charge on any atom is 0.382 e. The van der Waals surface area contributed by atoms with Gasteiger partial charge in [0.1, 0.15) is 5.60 Å². The first-order valence-corrected chi connectivity index (χ1v) is 11.1. The molecule has 7 rings (SSSR count). The number of ether oxygens (including phenoxy) is 1. The summed E-state index contributed by atoms with van der Waals surface area (Å²) in [5, 5.41) is 31.2. The zero-order chi connectivity index (χ0) is 19.3. The minimum atomic E-state index is -1.06. The molecule has 5 nitrogen and oxygen atoms in total. The fraction of sp³-hybridized carbons (Fsp3) is 0.870. The first-order valence-electron chi connectivity index (χ1n) is 11.1. The molecule has 3 N–H and O–H groups in total. The van der Waals surface area contributed by atoms with E-state index in [9.17, 15) is 15.0 Å². The van der Waals surface area contributed by atoms with Gasteiger partial charge in [0.25, 0.3) is 0 Å². The molecule has 0 aromatic carbocycles. The maximum atomic E-state index is 11.8. The lowest BCUT2D eigenvalue weighted by Gasteiger charge is -2.62. The molecule has 0 aromatic heterocycles. The van der Waals surface area contributed by atoms with Crippen molar-refractivity contribution in [2.75, 3.05) is 0 Å². The van der Waals surface area contributed by atoms with Crippen LogP contribution >= 0.6 is 0 Å². The second-order valence-corrected chi connectivity index (χ2v) is 11.3. The van der Waals surface area contributed by atoms with Crippen molar-refractivity contribution < 1.29 is 24.9 Å². The Balaban J connectivity index is 1.29. The van der Waals surface area contributed by atoms with Crippen LogP contribution in [0.4, 0.5) is 0 Å². The van der Waals surface area contributed by atoms with Crippen LogP contribution in [0, 0.1) is 58.7 Å². The summed E-state index contributed by atoms with van der Waals surface area (Å²) >= 11 is 0. The average molecular weight is 384 g/mol. The van der Waals surface area contributed by atoms with Crippen molar-refractivity contribution in [3.8, 4) is 11.8 Å². The Hall–Kier alpha value is -1.09. The summed E-state index contributed by atoms with van der Waals surface area (Å²) in [5.74, 6) is 7.85. The molecular weight excluding hydrogens is 356 g/mol. The highest BCUT2D eigenvalue weighted by molar-refractivity contribution is 5.87. The molecule has 0 amide bonds. The van der Waals surface area contributed by atoms with Gasteiger partial charge in [-0.05, 0) is 79.4 Å². The number of aliphatic hydroxyl groups excluding tert-OH is 1. The van der Waals surface area contributed by atoms with E-state index in [4.69, 9.17) is 9.84 Å². The number of carboxylic acids is 1. The molecule has 0 aromatic rings. The van der Waals surface area contributed by atoms with Gasteiger partial charge < -0.3 is 20.1 Å². The molecule has 0 bridgehead atoms. The lowest BCUT2D eigenvalue weighted by molar-refractivity contribution is -0.222. The quantitative estimate of drug-likeness (QED) is 0.438. The van der Waals surface area contributed by atoms with Crippen molar-refractivity contribution in [1.82, 2.24) is 0 Å². The number of aliphatic hydroxyl groups is 2. The van der Waals surface area contributed by atoms with Crippen molar-refractivity contribution in [2.24, 2.45) is 46.8 Å². The molecule has 6 saturated carbocycles. The van der Waals surface area contributed by atoms with Crippen molar-refractivity contribution in [3.63, 3.8) is 0 Å². The molecule has 5 heteroatoms. The lowest BCUT2D eigenvalue weighted by Crippen LogP contribution is -2.64. The van der Waals surface area contributed by atoms with Gasteiger partial charge in [-0.3, -0.25) is 0 Å². The first-order chi connectivity index (χ1) is 13.3. The zero-order valence-electron chi connectivity index (χ0n) is 16.2. The fourth-order valence-corrected chi connectivity index (χ4v) is 9.53. The number of hydrogen-bond donors (Lipinski definition) is 3. The lowest BCUT2D eigenvalue weighted by atomic mass is 9.44. The zero-order valence-corrected chi connectivity index (χ0v) is 16.2. The van der Waals surface area contributed by atoms with Crippen LogP contribution in [-0.2, 0) is 9.53 Å². The number of epoxide rings is 1. The average Bonchev–Trinajstić information content (AvgIpc) is 3.53. The summed E-state index contributed by atoms with van der Waals surface area (Å²) < 4.78 is 6.42. The molecule has 1 spiro atoms. The SMILES string of the molecule is C[C@]12CC[C@H](O)C[C@@]1(O)[C@@H]1C[C@@H]1C1C3[C@@H]4C[C@@H]4[C@]4(C#CC(=O)O)OC34CCC12. The van der Waals surface area contributed by atoms with E-state index < -0.39 is 17.2 Å². The molecule has 7 aliphatic rings. The van der Waals surface area contributed by atoms with E-state index in [0.717, 1.165) is 38.5 Å². The van der Waals surface area contributed by atoms with E-state index in [1.165, 1.54) is 0 Å². The Morgan fingerprint density at radius 2 is 1.89 bits per heavy atom. The molecule has 0 radical (unpaired) electrons. The molecule has 6 aliphatic carbocycles. The van der Waals surface area contributed by atoms with Crippen molar-refractivity contribution in [1.29, 1.82) is 0 Å². The largest absolute Gasteiger partial charge is 0.472 e. The number of hydrogen-bond acceptors (Lipinski definition) is 4. The molecule has 12 atom stereocenters. The summed E-state index contributed by atoms with van der Waals surface area (Å²) in [6, 6.07) is 0. The van der Waals surface area contributed by atoms with Crippen LogP contribution in [0.1, 0.15) is 51.9 Å². The van der Waals surface area contributed by atoms with Crippen LogP contribution in [0.15, 0.2) is 0 Å². The third-order valence-corrected chi connectivity index (χ3v) is 10.7. The highest BCUT2D eigenvalue weighted by Crippen LogP contribution is 2.85. The number of aliphatic carboxylic acids is 1. The molecule has 7 fully saturated rings. The Bertz CT molecular complexity index is 874. The van der Waals surface area contributed by atoms with Gasteiger partial charge in [0.05, 0.1) is 11.7 Å². The van der Waals surface area contributed by atoms with E-state index >= 15 is 0 Å². The van der Waals surface area contributed by atoms with Crippen molar-refractivity contribution in [2.45, 2.75) is 74.8 Å². The van der Waals surface area contributed by atoms with E-state index in [1.807, 2.05) is 0 Å². The monoisotopic (exact) mass is 384 g/mol. The minimum absolute atomic E-state index is 0.118. The van der Waals surface area contributed by atoms with Gasteiger partial charge in [0, 0.05) is 18.3 Å². The summed E-state index contributed by atoms with van der Waals surface area (Å²) in [4.78, 5) is 11.1. The van der Waals surface area contributed by atoms with Gasteiger partial charge >= 0.3 is 5.97 Å². The second kappa shape index (κ2) is 4.48. The molecule has 150 valence electrons. The topological polar surface area (TPSA) is 90.3 Å². The summed E-state index contributed by atoms with van der Waals surface area (Å²) in [6.45, 7) is 2.30. The Kier molecular flexibility index (Phi) is 2.67. The smallest absolute Gasteiger partial charge is 0.382 e. The molecule has 1 heterocycles. The van der Waals surface area contributed by atoms with Crippen LogP contribution in [0.5, 0.6) is 0 Å². The van der Waals surface area contributed by atoms with Gasteiger partial charge in [-0.15, -0.1) is 0 Å². The third kappa shape index (κ3) is 1.55. The predicted octanol–water partition coefficient (Wildman–Crippen LogP) is 1.81.